The number of aromatic nitrogens is 6. The number of nitrogens with two attached hydrogens (primary N) is 1. The summed E-state index contributed by atoms with van der Waals surface area (Å²) in [5.41, 5.74) is 6.07. The van der Waals surface area contributed by atoms with E-state index in [1.807, 2.05) is 0 Å². The molecule has 0 spiro atoms. The number of anilines is 1. The van der Waals surface area contributed by atoms with E-state index in [1.54, 1.807) is 30.3 Å². The fourth-order valence-corrected chi connectivity index (χ4v) is 3.07. The number of nitrogens with zero attached hydrogens (tertiary/aromatic N) is 6. The minimum absolute atomic E-state index is 0.0488. The lowest BCUT2D eigenvalue weighted by Gasteiger charge is -2.19. The Balaban J connectivity index is 1.75. The van der Waals surface area contributed by atoms with Crippen molar-refractivity contribution in [2.75, 3.05) is 5.73 Å². The summed E-state index contributed by atoms with van der Waals surface area (Å²) < 4.78 is 33.0. The molecule has 12 heteroatoms. The summed E-state index contributed by atoms with van der Waals surface area (Å²) in [5, 5.41) is 16.3. The van der Waals surface area contributed by atoms with Crippen LogP contribution in [-0.2, 0) is 21.7 Å². The van der Waals surface area contributed by atoms with Gasteiger partial charge in [0.05, 0.1) is 12.2 Å². The van der Waals surface area contributed by atoms with Crippen LogP contribution in [-0.4, -0.2) is 36.1 Å². The molecule has 3 aromatic heterocycles. The molecule has 2 N–H and O–H groups in total. The lowest BCUT2D eigenvalue weighted by atomic mass is 9.89. The molecular weight excluding hydrogens is 424 g/mol. The zero-order chi connectivity index (χ0) is 22.9. The van der Waals surface area contributed by atoms with Crippen LogP contribution in [0.1, 0.15) is 25.1 Å². The highest BCUT2D eigenvalue weighted by Crippen LogP contribution is 2.29. The van der Waals surface area contributed by atoms with Crippen molar-refractivity contribution in [1.29, 1.82) is 0 Å². The summed E-state index contributed by atoms with van der Waals surface area (Å²) in [6, 6.07) is 9.55. The quantitative estimate of drug-likeness (QED) is 0.479. The Morgan fingerprint density at radius 2 is 2.00 bits per heavy atom. The van der Waals surface area contributed by atoms with Crippen molar-refractivity contribution in [2.45, 2.75) is 25.8 Å². The summed E-state index contributed by atoms with van der Waals surface area (Å²) in [6.45, 7) is 2.86. The van der Waals surface area contributed by atoms with Crippen LogP contribution < -0.4 is 5.73 Å². The number of rotatable bonds is 6. The summed E-state index contributed by atoms with van der Waals surface area (Å²) in [5.74, 6) is -1.66. The van der Waals surface area contributed by atoms with E-state index in [0.717, 1.165) is 0 Å². The monoisotopic (exact) mass is 441 g/mol. The van der Waals surface area contributed by atoms with E-state index in [4.69, 9.17) is 10.3 Å². The molecule has 0 aliphatic heterocycles. The van der Waals surface area contributed by atoms with Gasteiger partial charge in [-0.25, -0.2) is 14.2 Å². The zero-order valence-electron chi connectivity index (χ0n) is 17.0. The average Bonchev–Trinajstić information content (AvgIpc) is 3.44. The number of halogens is 2. The van der Waals surface area contributed by atoms with Crippen LogP contribution in [0.3, 0.4) is 0 Å². The molecule has 0 aliphatic rings. The molecule has 0 atom stereocenters. The van der Waals surface area contributed by atoms with E-state index >= 15 is 0 Å². The molecule has 10 nitrogen and oxygen atoms in total. The Labute approximate surface area is 179 Å². The smallest absolute Gasteiger partial charge is 0.360 e. The van der Waals surface area contributed by atoms with Gasteiger partial charge in [-0.3, -0.25) is 9.62 Å². The van der Waals surface area contributed by atoms with Crippen molar-refractivity contribution in [1.82, 2.24) is 30.1 Å². The molecule has 32 heavy (non-hydrogen) atoms. The van der Waals surface area contributed by atoms with Crippen LogP contribution in [0.4, 0.5) is 14.7 Å². The Kier molecular flexibility index (Phi) is 5.34. The summed E-state index contributed by atoms with van der Waals surface area (Å²) in [6.07, 6.45) is 1.40. The second-order valence-electron chi connectivity index (χ2n) is 7.41. The highest BCUT2D eigenvalue weighted by Gasteiger charge is 2.37. The molecule has 4 aromatic rings. The Bertz CT molecular complexity index is 1270. The number of hydrogen-bond acceptors (Lipinski definition) is 9. The van der Waals surface area contributed by atoms with Crippen molar-refractivity contribution in [3.05, 3.63) is 59.7 Å². The standard InChI is InChI=1S/C20H17F2N7O3/c1-20(2,19(30)32-22)16-17(23)24-18(26-25-16)14-9-15(13-7-8-31-28-13)29(27-14)10-11-5-3-4-6-12(11)21/h3-9H,10H2,1-2H3,(H2,23,24,26). The first kappa shape index (κ1) is 21.0. The maximum atomic E-state index is 14.2. The van der Waals surface area contributed by atoms with Gasteiger partial charge in [-0.2, -0.15) is 5.10 Å². The molecule has 0 saturated carbocycles. The number of benzene rings is 1. The Morgan fingerprint density at radius 1 is 1.22 bits per heavy atom. The van der Waals surface area contributed by atoms with Gasteiger partial charge in [-0.05, 0) is 26.0 Å². The molecule has 4 rings (SSSR count). The minimum atomic E-state index is -1.51. The summed E-state index contributed by atoms with van der Waals surface area (Å²) in [4.78, 5) is 19.2. The minimum Gasteiger partial charge on any atom is -0.382 e. The molecule has 3 heterocycles. The second-order valence-corrected chi connectivity index (χ2v) is 7.41. The maximum Gasteiger partial charge on any atom is 0.360 e. The highest BCUT2D eigenvalue weighted by molar-refractivity contribution is 5.82. The molecule has 0 unspecified atom stereocenters. The van der Waals surface area contributed by atoms with E-state index in [2.05, 4.69) is 30.4 Å². The summed E-state index contributed by atoms with van der Waals surface area (Å²) >= 11 is 0. The first-order valence-corrected chi connectivity index (χ1v) is 9.37. The van der Waals surface area contributed by atoms with Crippen LogP contribution in [0.25, 0.3) is 22.9 Å². The fourth-order valence-electron chi connectivity index (χ4n) is 3.07. The van der Waals surface area contributed by atoms with Crippen molar-refractivity contribution >= 4 is 11.8 Å². The summed E-state index contributed by atoms with van der Waals surface area (Å²) in [7, 11) is 0. The molecule has 0 aliphatic carbocycles. The van der Waals surface area contributed by atoms with Gasteiger partial charge >= 0.3 is 5.97 Å². The van der Waals surface area contributed by atoms with Gasteiger partial charge in [0, 0.05) is 16.2 Å². The molecule has 0 amide bonds. The predicted molar refractivity (Wildman–Crippen MR) is 107 cm³/mol. The van der Waals surface area contributed by atoms with E-state index in [9.17, 15) is 13.7 Å². The number of nitrogen functional groups attached to an aromatic ring is 1. The SMILES string of the molecule is CC(C)(C(=O)OF)c1nnc(-c2cc(-c3ccon3)n(Cc3ccccc3F)n2)nc1N. The van der Waals surface area contributed by atoms with Gasteiger partial charge in [0.1, 0.15) is 34.6 Å². The Hall–Kier alpha value is -4.22. The van der Waals surface area contributed by atoms with Gasteiger partial charge in [0.2, 0.25) is 5.82 Å². The molecule has 0 radical (unpaired) electrons. The molecular formula is C20H17F2N7O3. The molecule has 1 aromatic carbocycles. The van der Waals surface area contributed by atoms with Gasteiger partial charge in [0.15, 0.2) is 5.82 Å². The third-order valence-electron chi connectivity index (χ3n) is 4.87. The van der Waals surface area contributed by atoms with Gasteiger partial charge < -0.3 is 10.3 Å². The molecule has 0 bridgehead atoms. The van der Waals surface area contributed by atoms with Crippen LogP contribution in [0.2, 0.25) is 0 Å². The van der Waals surface area contributed by atoms with E-state index in [1.165, 1.54) is 30.9 Å². The van der Waals surface area contributed by atoms with Crippen molar-refractivity contribution in [2.24, 2.45) is 0 Å². The highest BCUT2D eigenvalue weighted by atomic mass is 19.3. The largest absolute Gasteiger partial charge is 0.382 e. The van der Waals surface area contributed by atoms with Crippen molar-refractivity contribution in [3.8, 4) is 22.9 Å². The molecule has 164 valence electrons. The number of carbonyl (C=O) groups is 1. The Morgan fingerprint density at radius 3 is 2.66 bits per heavy atom. The first-order valence-electron chi connectivity index (χ1n) is 9.37. The zero-order valence-corrected chi connectivity index (χ0v) is 17.0. The molecule has 0 saturated heterocycles. The van der Waals surface area contributed by atoms with Crippen LogP contribution in [0.15, 0.2) is 47.2 Å². The third kappa shape index (κ3) is 3.77. The average molecular weight is 441 g/mol. The maximum absolute atomic E-state index is 14.2. The van der Waals surface area contributed by atoms with E-state index in [0.29, 0.717) is 17.0 Å². The van der Waals surface area contributed by atoms with Crippen molar-refractivity contribution < 1.29 is 23.2 Å². The first-order chi connectivity index (χ1) is 15.3. The van der Waals surface area contributed by atoms with Gasteiger partial charge in [-0.15, -0.1) is 10.2 Å². The van der Waals surface area contributed by atoms with Crippen LogP contribution in [0.5, 0.6) is 0 Å². The topological polar surface area (TPSA) is 135 Å². The van der Waals surface area contributed by atoms with Crippen molar-refractivity contribution in [3.63, 3.8) is 0 Å². The molecule has 0 fully saturated rings. The lowest BCUT2D eigenvalue weighted by molar-refractivity contribution is -0.190. The number of carbonyl (C=O) groups excluding carboxylic acids is 1. The third-order valence-corrected chi connectivity index (χ3v) is 4.87. The number of hydrogen-bond donors (Lipinski definition) is 1. The normalized spacial score (nSPS) is 11.5. The van der Waals surface area contributed by atoms with Crippen LogP contribution in [0, 0.1) is 5.82 Å². The van der Waals surface area contributed by atoms with E-state index < -0.39 is 11.4 Å². The fraction of sp³-hybridized carbons (Fsp3) is 0.200. The van der Waals surface area contributed by atoms with E-state index in [-0.39, 0.29) is 35.4 Å². The predicted octanol–water partition coefficient (Wildman–Crippen LogP) is 2.87. The van der Waals surface area contributed by atoms with Gasteiger partial charge in [0.25, 0.3) is 0 Å². The second kappa shape index (κ2) is 8.13. The van der Waals surface area contributed by atoms with Crippen LogP contribution >= 0.6 is 0 Å². The van der Waals surface area contributed by atoms with Gasteiger partial charge in [-0.1, -0.05) is 23.4 Å². The lowest BCUT2D eigenvalue weighted by Crippen LogP contribution is -2.32.